The number of hydrogen-bond acceptors (Lipinski definition) is 3. The molecule has 0 amide bonds. The van der Waals surface area contributed by atoms with Crippen molar-refractivity contribution in [2.24, 2.45) is 0 Å². The maximum absolute atomic E-state index is 5.18. The predicted octanol–water partition coefficient (Wildman–Crippen LogP) is 15.0. The zero-order valence-electron chi connectivity index (χ0n) is 34.6. The number of benzene rings is 10. The lowest BCUT2D eigenvalue weighted by atomic mass is 9.95. The first-order valence-corrected chi connectivity index (χ1v) is 21.7. The molecule has 0 N–H and O–H groups in total. The summed E-state index contributed by atoms with van der Waals surface area (Å²) in [5.74, 6) is 1.89. The third-order valence-electron chi connectivity index (χ3n) is 12.7. The van der Waals surface area contributed by atoms with Gasteiger partial charge in [0.05, 0.1) is 27.8 Å². The highest BCUT2D eigenvalue weighted by Crippen LogP contribution is 2.45. The van der Waals surface area contributed by atoms with Gasteiger partial charge in [-0.05, 0) is 70.4 Å². The minimum absolute atomic E-state index is 0.619. The summed E-state index contributed by atoms with van der Waals surface area (Å²) in [7, 11) is 0. The van der Waals surface area contributed by atoms with Crippen LogP contribution in [-0.4, -0.2) is 24.1 Å². The average molecular weight is 816 g/mol. The van der Waals surface area contributed by atoms with Gasteiger partial charge in [0.15, 0.2) is 17.5 Å². The summed E-state index contributed by atoms with van der Waals surface area (Å²) < 4.78 is 4.92. The van der Waals surface area contributed by atoms with E-state index in [0.29, 0.717) is 17.5 Å². The quantitative estimate of drug-likeness (QED) is 0.168. The molecule has 3 aromatic heterocycles. The Morgan fingerprint density at radius 1 is 0.281 bits per heavy atom. The Morgan fingerprint density at radius 3 is 1.45 bits per heavy atom. The van der Waals surface area contributed by atoms with Gasteiger partial charge in [-0.3, -0.25) is 0 Å². The summed E-state index contributed by atoms with van der Waals surface area (Å²) in [6.07, 6.45) is 0. The van der Waals surface area contributed by atoms with Crippen LogP contribution in [0.4, 0.5) is 0 Å². The highest BCUT2D eigenvalue weighted by molar-refractivity contribution is 6.25. The molecule has 10 aromatic carbocycles. The van der Waals surface area contributed by atoms with Gasteiger partial charge in [0.25, 0.3) is 0 Å². The summed E-state index contributed by atoms with van der Waals surface area (Å²) in [4.78, 5) is 15.4. The molecular weight excluding hydrogens is 779 g/mol. The first-order chi connectivity index (χ1) is 31.7. The minimum atomic E-state index is 0.619. The zero-order chi connectivity index (χ0) is 42.1. The number of rotatable bonds is 6. The molecule has 0 bridgehead atoms. The van der Waals surface area contributed by atoms with Gasteiger partial charge >= 0.3 is 0 Å². The molecule has 0 fully saturated rings. The first-order valence-electron chi connectivity index (χ1n) is 21.7. The molecular formula is C59H37N5. The smallest absolute Gasteiger partial charge is 0.164 e. The lowest BCUT2D eigenvalue weighted by molar-refractivity contribution is 1.07. The SMILES string of the molecule is c1ccc(-c2nc(-c3ccccc3)nc(-c3cc(-n4c5ccccc5c5cc6c7cc(-c8ccccc8)c8ccccc8c7n(-c7ccccc7)c6cc54)c4ccccc4c3)n2)cc1. The van der Waals surface area contributed by atoms with Gasteiger partial charge in [-0.25, -0.2) is 15.0 Å². The Balaban J connectivity index is 1.13. The van der Waals surface area contributed by atoms with Crippen LogP contribution in [0.2, 0.25) is 0 Å². The highest BCUT2D eigenvalue weighted by Gasteiger charge is 2.23. The van der Waals surface area contributed by atoms with E-state index >= 15 is 0 Å². The van der Waals surface area contributed by atoms with Crippen LogP contribution < -0.4 is 0 Å². The van der Waals surface area contributed by atoms with Crippen molar-refractivity contribution in [1.82, 2.24) is 24.1 Å². The summed E-state index contributed by atoms with van der Waals surface area (Å²) >= 11 is 0. The highest BCUT2D eigenvalue weighted by atomic mass is 15.0. The number of hydrogen-bond donors (Lipinski definition) is 0. The van der Waals surface area contributed by atoms with E-state index in [1.165, 1.54) is 49.0 Å². The number of fused-ring (bicyclic) bond motifs is 9. The van der Waals surface area contributed by atoms with Gasteiger partial charge in [0.2, 0.25) is 0 Å². The van der Waals surface area contributed by atoms with Gasteiger partial charge in [-0.15, -0.1) is 0 Å². The fraction of sp³-hybridized carbons (Fsp3) is 0. The monoisotopic (exact) mass is 815 g/mol. The van der Waals surface area contributed by atoms with Crippen LogP contribution in [-0.2, 0) is 0 Å². The van der Waals surface area contributed by atoms with Gasteiger partial charge in [0, 0.05) is 54.7 Å². The largest absolute Gasteiger partial charge is 0.309 e. The Morgan fingerprint density at radius 2 is 0.781 bits per heavy atom. The van der Waals surface area contributed by atoms with E-state index in [9.17, 15) is 0 Å². The third kappa shape index (κ3) is 5.68. The van der Waals surface area contributed by atoms with Crippen LogP contribution in [0, 0.1) is 0 Å². The Hall–Kier alpha value is -8.67. The van der Waals surface area contributed by atoms with Crippen molar-refractivity contribution in [2.45, 2.75) is 0 Å². The van der Waals surface area contributed by atoms with E-state index in [2.05, 4.69) is 197 Å². The molecule has 298 valence electrons. The maximum atomic E-state index is 5.18. The molecule has 64 heavy (non-hydrogen) atoms. The van der Waals surface area contributed by atoms with Gasteiger partial charge in [-0.2, -0.15) is 0 Å². The minimum Gasteiger partial charge on any atom is -0.309 e. The zero-order valence-corrected chi connectivity index (χ0v) is 34.6. The van der Waals surface area contributed by atoms with E-state index in [-0.39, 0.29) is 0 Å². The van der Waals surface area contributed by atoms with Crippen molar-refractivity contribution >= 4 is 65.2 Å². The second-order valence-corrected chi connectivity index (χ2v) is 16.4. The van der Waals surface area contributed by atoms with Gasteiger partial charge in [0.1, 0.15) is 0 Å². The van der Waals surface area contributed by atoms with Crippen molar-refractivity contribution in [3.8, 4) is 56.7 Å². The van der Waals surface area contributed by atoms with E-state index in [0.717, 1.165) is 55.4 Å². The van der Waals surface area contributed by atoms with Gasteiger partial charge in [-0.1, -0.05) is 176 Å². The van der Waals surface area contributed by atoms with Crippen molar-refractivity contribution in [3.63, 3.8) is 0 Å². The molecule has 5 nitrogen and oxygen atoms in total. The van der Waals surface area contributed by atoms with Crippen molar-refractivity contribution in [3.05, 3.63) is 224 Å². The molecule has 13 rings (SSSR count). The predicted molar refractivity (Wildman–Crippen MR) is 265 cm³/mol. The molecule has 0 aliphatic carbocycles. The van der Waals surface area contributed by atoms with Crippen LogP contribution >= 0.6 is 0 Å². The molecule has 5 heteroatoms. The van der Waals surface area contributed by atoms with E-state index in [1.54, 1.807) is 0 Å². The van der Waals surface area contributed by atoms with Gasteiger partial charge < -0.3 is 9.13 Å². The van der Waals surface area contributed by atoms with Crippen LogP contribution in [0.25, 0.3) is 122 Å². The fourth-order valence-electron chi connectivity index (χ4n) is 9.84. The lowest BCUT2D eigenvalue weighted by Crippen LogP contribution is -2.02. The summed E-state index contributed by atoms with van der Waals surface area (Å²) in [5, 5.41) is 9.50. The van der Waals surface area contributed by atoms with Crippen molar-refractivity contribution in [1.29, 1.82) is 0 Å². The Bertz CT molecular complexity index is 3870. The molecule has 3 heterocycles. The third-order valence-corrected chi connectivity index (χ3v) is 12.7. The maximum Gasteiger partial charge on any atom is 0.164 e. The molecule has 0 atom stereocenters. The number of aromatic nitrogens is 5. The molecule has 0 radical (unpaired) electrons. The molecule has 13 aromatic rings. The lowest BCUT2D eigenvalue weighted by Gasteiger charge is -2.15. The number of nitrogens with zero attached hydrogens (tertiary/aromatic N) is 5. The molecule has 0 unspecified atom stereocenters. The molecule has 0 saturated carbocycles. The average Bonchev–Trinajstić information content (AvgIpc) is 3.87. The summed E-state index contributed by atoms with van der Waals surface area (Å²) in [6, 6.07) is 80.0. The van der Waals surface area contributed by atoms with Crippen LogP contribution in [0.1, 0.15) is 0 Å². The normalized spacial score (nSPS) is 11.8. The van der Waals surface area contributed by atoms with Crippen LogP contribution in [0.5, 0.6) is 0 Å². The fourth-order valence-corrected chi connectivity index (χ4v) is 9.84. The molecule has 0 spiro atoms. The second-order valence-electron chi connectivity index (χ2n) is 16.4. The molecule has 0 aliphatic heterocycles. The van der Waals surface area contributed by atoms with E-state index in [1.807, 2.05) is 36.4 Å². The first kappa shape index (κ1) is 36.0. The molecule has 0 saturated heterocycles. The van der Waals surface area contributed by atoms with E-state index < -0.39 is 0 Å². The summed E-state index contributed by atoms with van der Waals surface area (Å²) in [6.45, 7) is 0. The van der Waals surface area contributed by atoms with Crippen LogP contribution in [0.15, 0.2) is 224 Å². The summed E-state index contributed by atoms with van der Waals surface area (Å²) in [5.41, 5.74) is 12.0. The second kappa shape index (κ2) is 14.5. The Labute approximate surface area is 368 Å². The Kier molecular flexibility index (Phi) is 8.15. The number of para-hydroxylation sites is 2. The topological polar surface area (TPSA) is 48.5 Å². The van der Waals surface area contributed by atoms with Crippen molar-refractivity contribution < 1.29 is 0 Å². The van der Waals surface area contributed by atoms with Crippen LogP contribution in [0.3, 0.4) is 0 Å². The van der Waals surface area contributed by atoms with E-state index in [4.69, 9.17) is 15.0 Å². The van der Waals surface area contributed by atoms with Crippen molar-refractivity contribution in [2.75, 3.05) is 0 Å². The molecule has 0 aliphatic rings. The standard InChI is InChI=1S/C59H37N5/c1-5-19-38(20-6-1)48-35-51-50-36-49-46-30-17-18-32-52(46)64(55(49)37-54(50)63(43-26-11-4-12-27-43)56(51)47-31-16-15-29-45(47)48)53-34-42(33-41-25-13-14-28-44(41)53)59-61-57(39-21-7-2-8-22-39)60-58(62-59)40-23-9-3-10-24-40/h1-37H.